The summed E-state index contributed by atoms with van der Waals surface area (Å²) < 4.78 is 27.5. The molecule has 2 rings (SSSR count). The molecule has 1 saturated heterocycles. The molecule has 2 heterocycles. The Morgan fingerprint density at radius 1 is 1.62 bits per heavy atom. The van der Waals surface area contributed by atoms with E-state index >= 15 is 0 Å². The first kappa shape index (κ1) is 11.6. The minimum absolute atomic E-state index is 0.00769. The summed E-state index contributed by atoms with van der Waals surface area (Å²) in [7, 11) is -3.40. The van der Waals surface area contributed by atoms with Crippen LogP contribution in [0.5, 0.6) is 0 Å². The number of aromatic nitrogens is 1. The smallest absolute Gasteiger partial charge is 0.214 e. The minimum atomic E-state index is -3.40. The summed E-state index contributed by atoms with van der Waals surface area (Å²) in [4.78, 5) is 6.09. The Bertz CT molecular complexity index is 476. The zero-order chi connectivity index (χ0) is 11.9. The molecular weight excluding hydrogens is 230 g/mol. The molecular formula is C9H15N3O3S. The lowest BCUT2D eigenvalue weighted by atomic mass is 10.1. The molecule has 6 nitrogen and oxygen atoms in total. The van der Waals surface area contributed by atoms with Crippen LogP contribution in [-0.4, -0.2) is 36.6 Å². The molecule has 7 heteroatoms. The van der Waals surface area contributed by atoms with E-state index in [0.29, 0.717) is 19.0 Å². The molecule has 16 heavy (non-hydrogen) atoms. The zero-order valence-corrected chi connectivity index (χ0v) is 10.1. The predicted octanol–water partition coefficient (Wildman–Crippen LogP) is 0.0167. The van der Waals surface area contributed by atoms with Gasteiger partial charge >= 0.3 is 0 Å². The summed E-state index contributed by atoms with van der Waals surface area (Å²) in [6.45, 7) is 4.65. The predicted molar refractivity (Wildman–Crippen MR) is 58.1 cm³/mol. The van der Waals surface area contributed by atoms with Crippen LogP contribution in [0.3, 0.4) is 0 Å². The molecule has 0 amide bonds. The highest BCUT2D eigenvalue weighted by atomic mass is 32.2. The maximum absolute atomic E-state index is 11.0. The van der Waals surface area contributed by atoms with E-state index in [-0.39, 0.29) is 6.04 Å². The average molecular weight is 245 g/mol. The standard InChI is InChI=1S/C9H15N3O3S/c1-6-3-11-9(15-6)7(2)12-4-8(5-12)16(10,13)14/h3,7-8H,4-5H2,1-2H3,(H2,10,13,14). The second kappa shape index (κ2) is 3.83. The van der Waals surface area contributed by atoms with Gasteiger partial charge in [-0.2, -0.15) is 0 Å². The van der Waals surface area contributed by atoms with E-state index < -0.39 is 15.3 Å². The monoisotopic (exact) mass is 245 g/mol. The SMILES string of the molecule is Cc1cnc(C(C)N2CC(S(N)(=O)=O)C2)o1. The van der Waals surface area contributed by atoms with Crippen LogP contribution in [-0.2, 0) is 10.0 Å². The minimum Gasteiger partial charge on any atom is -0.444 e. The van der Waals surface area contributed by atoms with Gasteiger partial charge in [0.2, 0.25) is 15.9 Å². The lowest BCUT2D eigenvalue weighted by molar-refractivity contribution is 0.113. The van der Waals surface area contributed by atoms with Gasteiger partial charge in [-0.05, 0) is 13.8 Å². The van der Waals surface area contributed by atoms with Crippen LogP contribution in [0, 0.1) is 6.92 Å². The van der Waals surface area contributed by atoms with Gasteiger partial charge in [0.15, 0.2) is 0 Å². The van der Waals surface area contributed by atoms with Gasteiger partial charge in [0.25, 0.3) is 0 Å². The summed E-state index contributed by atoms with van der Waals surface area (Å²) >= 11 is 0. The molecule has 90 valence electrons. The van der Waals surface area contributed by atoms with Gasteiger partial charge in [-0.25, -0.2) is 18.5 Å². The number of aryl methyl sites for hydroxylation is 1. The Balaban J connectivity index is 1.98. The highest BCUT2D eigenvalue weighted by molar-refractivity contribution is 7.89. The van der Waals surface area contributed by atoms with E-state index in [1.165, 1.54) is 0 Å². The van der Waals surface area contributed by atoms with Gasteiger partial charge in [0.05, 0.1) is 12.2 Å². The summed E-state index contributed by atoms with van der Waals surface area (Å²) in [5.74, 6) is 1.37. The Morgan fingerprint density at radius 3 is 2.69 bits per heavy atom. The summed E-state index contributed by atoms with van der Waals surface area (Å²) in [6.07, 6.45) is 1.66. The van der Waals surface area contributed by atoms with Crippen molar-refractivity contribution in [3.8, 4) is 0 Å². The van der Waals surface area contributed by atoms with Crippen molar-refractivity contribution in [3.05, 3.63) is 17.8 Å². The molecule has 1 fully saturated rings. The van der Waals surface area contributed by atoms with Gasteiger partial charge in [-0.15, -0.1) is 0 Å². The van der Waals surface area contributed by atoms with Gasteiger partial charge < -0.3 is 4.42 Å². The molecule has 1 aromatic heterocycles. The second-order valence-corrected chi connectivity index (χ2v) is 5.99. The molecule has 1 unspecified atom stereocenters. The first-order valence-electron chi connectivity index (χ1n) is 5.06. The Morgan fingerprint density at radius 2 is 2.25 bits per heavy atom. The third-order valence-electron chi connectivity index (χ3n) is 2.89. The van der Waals surface area contributed by atoms with Crippen molar-refractivity contribution in [1.82, 2.24) is 9.88 Å². The first-order chi connectivity index (χ1) is 7.38. The summed E-state index contributed by atoms with van der Waals surface area (Å²) in [5, 5.41) is 4.60. The number of hydrogen-bond acceptors (Lipinski definition) is 5. The number of oxazole rings is 1. The number of nitrogens with two attached hydrogens (primary N) is 1. The van der Waals surface area contributed by atoms with E-state index in [1.54, 1.807) is 6.20 Å². The van der Waals surface area contributed by atoms with E-state index in [9.17, 15) is 8.42 Å². The van der Waals surface area contributed by atoms with Crippen LogP contribution in [0.15, 0.2) is 10.6 Å². The molecule has 0 spiro atoms. The van der Waals surface area contributed by atoms with Gasteiger partial charge in [0, 0.05) is 13.1 Å². The molecule has 1 atom stereocenters. The van der Waals surface area contributed by atoms with Crippen molar-refractivity contribution in [3.63, 3.8) is 0 Å². The molecule has 0 bridgehead atoms. The number of likely N-dealkylation sites (tertiary alicyclic amines) is 1. The van der Waals surface area contributed by atoms with Gasteiger partial charge in [-0.1, -0.05) is 0 Å². The first-order valence-corrected chi connectivity index (χ1v) is 6.67. The molecule has 1 aromatic rings. The van der Waals surface area contributed by atoms with Crippen molar-refractivity contribution < 1.29 is 12.8 Å². The maximum Gasteiger partial charge on any atom is 0.214 e. The molecule has 0 radical (unpaired) electrons. The van der Waals surface area contributed by atoms with Gasteiger partial charge in [0.1, 0.15) is 11.0 Å². The van der Waals surface area contributed by atoms with E-state index in [4.69, 9.17) is 9.56 Å². The van der Waals surface area contributed by atoms with Crippen LogP contribution in [0.2, 0.25) is 0 Å². The van der Waals surface area contributed by atoms with Crippen molar-refractivity contribution in [2.45, 2.75) is 25.1 Å². The number of sulfonamides is 1. The molecule has 1 aliphatic rings. The fraction of sp³-hybridized carbons (Fsp3) is 0.667. The fourth-order valence-electron chi connectivity index (χ4n) is 1.72. The maximum atomic E-state index is 11.0. The Hall–Kier alpha value is -0.920. The third-order valence-corrected chi connectivity index (χ3v) is 4.11. The topological polar surface area (TPSA) is 89.4 Å². The number of primary sulfonamides is 1. The van der Waals surface area contributed by atoms with Crippen LogP contribution in [0.4, 0.5) is 0 Å². The zero-order valence-electron chi connectivity index (χ0n) is 9.25. The highest BCUT2D eigenvalue weighted by Gasteiger charge is 2.38. The van der Waals surface area contributed by atoms with Crippen molar-refractivity contribution in [1.29, 1.82) is 0 Å². The van der Waals surface area contributed by atoms with Crippen molar-refractivity contribution in [2.75, 3.05) is 13.1 Å². The lowest BCUT2D eigenvalue weighted by Crippen LogP contribution is -2.56. The molecule has 0 aliphatic carbocycles. The summed E-state index contributed by atoms with van der Waals surface area (Å²) in [6, 6.07) is -0.00769. The third kappa shape index (κ3) is 2.11. The van der Waals surface area contributed by atoms with Crippen LogP contribution in [0.1, 0.15) is 24.6 Å². The quantitative estimate of drug-likeness (QED) is 0.810. The van der Waals surface area contributed by atoms with Crippen LogP contribution in [0.25, 0.3) is 0 Å². The van der Waals surface area contributed by atoms with E-state index in [1.807, 2.05) is 18.7 Å². The fourth-order valence-corrected chi connectivity index (χ4v) is 2.51. The molecule has 0 saturated carbocycles. The second-order valence-electron chi connectivity index (χ2n) is 4.15. The van der Waals surface area contributed by atoms with E-state index in [2.05, 4.69) is 4.98 Å². The number of nitrogens with zero attached hydrogens (tertiary/aromatic N) is 2. The summed E-state index contributed by atoms with van der Waals surface area (Å²) in [5.41, 5.74) is 0. The highest BCUT2D eigenvalue weighted by Crippen LogP contribution is 2.26. The number of rotatable bonds is 3. The lowest BCUT2D eigenvalue weighted by Gasteiger charge is -2.40. The van der Waals surface area contributed by atoms with Gasteiger partial charge in [-0.3, -0.25) is 4.90 Å². The molecule has 2 N–H and O–H groups in total. The molecule has 1 aliphatic heterocycles. The van der Waals surface area contributed by atoms with E-state index in [0.717, 1.165) is 5.76 Å². The van der Waals surface area contributed by atoms with Crippen molar-refractivity contribution in [2.24, 2.45) is 5.14 Å². The van der Waals surface area contributed by atoms with Crippen molar-refractivity contribution >= 4 is 10.0 Å². The largest absolute Gasteiger partial charge is 0.444 e. The van der Waals surface area contributed by atoms with Crippen LogP contribution >= 0.6 is 0 Å². The average Bonchev–Trinajstić information content (AvgIpc) is 2.45. The number of hydrogen-bond donors (Lipinski definition) is 1. The Labute approximate surface area is 94.5 Å². The van der Waals surface area contributed by atoms with Crippen LogP contribution < -0.4 is 5.14 Å². The molecule has 0 aromatic carbocycles. The normalized spacial score (nSPS) is 20.7. The Kier molecular flexibility index (Phi) is 2.77.